The summed E-state index contributed by atoms with van der Waals surface area (Å²) in [6.45, 7) is 4.62. The lowest BCUT2D eigenvalue weighted by Crippen LogP contribution is -2.49. The van der Waals surface area contributed by atoms with E-state index < -0.39 is 40.9 Å². The number of carboxylic acid groups (broad SMARTS) is 1. The SMILES string of the molecule is CC(C)C(Oc1ccc2c(c1)CN(C(=O)C1SCCN1C(=O)C[C@H](N)Cc1cc(F)c(F)cc1F)CC2)C(=O)O.Cl. The van der Waals surface area contributed by atoms with Crippen LogP contribution in [0.15, 0.2) is 30.3 Å². The standard InChI is InChI=1S/C28H32F3N3O5S.ClH/c1-15(2)25(28(37)38)39-20-4-3-16-5-6-33(14-18(16)10-20)26(36)27-34(7-8-40-27)24(35)12-19(32)9-17-11-22(30)23(31)13-21(17)29;/h3-4,10-11,13,15,19,25,27H,5-9,12,14,32H2,1-2H3,(H,37,38);1H/t19-,25?,27?;/m1./s1. The number of carbonyl (C=O) groups is 3. The van der Waals surface area contributed by atoms with E-state index in [1.807, 2.05) is 6.07 Å². The molecule has 3 N–H and O–H groups in total. The molecule has 2 aromatic rings. The van der Waals surface area contributed by atoms with Gasteiger partial charge >= 0.3 is 5.97 Å². The molecule has 1 saturated heterocycles. The fourth-order valence-electron chi connectivity index (χ4n) is 4.92. The zero-order chi connectivity index (χ0) is 29.1. The summed E-state index contributed by atoms with van der Waals surface area (Å²) in [5.41, 5.74) is 7.82. The van der Waals surface area contributed by atoms with E-state index in [0.29, 0.717) is 43.6 Å². The number of nitrogens with zero attached hydrogens (tertiary/aromatic N) is 2. The van der Waals surface area contributed by atoms with E-state index in [-0.39, 0.29) is 48.5 Å². The lowest BCUT2D eigenvalue weighted by Gasteiger charge is -2.33. The highest BCUT2D eigenvalue weighted by atomic mass is 35.5. The summed E-state index contributed by atoms with van der Waals surface area (Å²) in [5, 5.41) is 8.71. The number of halogens is 4. The number of aliphatic carboxylic acids is 1. The molecule has 0 saturated carbocycles. The number of thioether (sulfide) groups is 1. The van der Waals surface area contributed by atoms with Crippen LogP contribution < -0.4 is 10.5 Å². The van der Waals surface area contributed by atoms with E-state index in [2.05, 4.69) is 0 Å². The second kappa shape index (κ2) is 13.8. The molecule has 2 amide bonds. The van der Waals surface area contributed by atoms with Crippen molar-refractivity contribution in [2.45, 2.75) is 57.2 Å². The Morgan fingerprint density at radius 3 is 2.46 bits per heavy atom. The highest BCUT2D eigenvalue weighted by Gasteiger charge is 2.38. The van der Waals surface area contributed by atoms with Gasteiger partial charge in [0, 0.05) is 49.8 Å². The number of hydrogen-bond donors (Lipinski definition) is 2. The highest BCUT2D eigenvalue weighted by Crippen LogP contribution is 2.31. The van der Waals surface area contributed by atoms with Crippen molar-refractivity contribution in [2.75, 3.05) is 18.8 Å². The molecule has 0 radical (unpaired) electrons. The molecule has 4 rings (SSSR count). The first-order chi connectivity index (χ1) is 18.9. The van der Waals surface area contributed by atoms with E-state index >= 15 is 0 Å². The van der Waals surface area contributed by atoms with Crippen molar-refractivity contribution in [3.05, 3.63) is 64.5 Å². The maximum Gasteiger partial charge on any atom is 0.345 e. The number of ether oxygens (including phenoxy) is 1. The Labute approximate surface area is 246 Å². The highest BCUT2D eigenvalue weighted by molar-refractivity contribution is 8.00. The lowest BCUT2D eigenvalue weighted by molar-refractivity contribution is -0.147. The van der Waals surface area contributed by atoms with Crippen molar-refractivity contribution in [3.8, 4) is 5.75 Å². The van der Waals surface area contributed by atoms with Crippen LogP contribution in [-0.2, 0) is 33.8 Å². The number of hydrogen-bond acceptors (Lipinski definition) is 6. The van der Waals surface area contributed by atoms with Gasteiger partial charge in [-0.05, 0) is 47.7 Å². The molecule has 2 aromatic carbocycles. The van der Waals surface area contributed by atoms with Crippen molar-refractivity contribution in [2.24, 2.45) is 11.7 Å². The van der Waals surface area contributed by atoms with Gasteiger partial charge in [-0.25, -0.2) is 18.0 Å². The number of nitrogens with two attached hydrogens (primary N) is 1. The topological polar surface area (TPSA) is 113 Å². The number of carbonyl (C=O) groups excluding carboxylic acids is 2. The van der Waals surface area contributed by atoms with Crippen molar-refractivity contribution < 1.29 is 37.4 Å². The van der Waals surface area contributed by atoms with Crippen molar-refractivity contribution in [1.29, 1.82) is 0 Å². The Hall–Kier alpha value is -2.96. The second-order valence-corrected chi connectivity index (χ2v) is 11.6. The molecular weight excluding hydrogens is 583 g/mol. The monoisotopic (exact) mass is 615 g/mol. The summed E-state index contributed by atoms with van der Waals surface area (Å²) in [6, 6.07) is 5.71. The molecule has 8 nitrogen and oxygen atoms in total. The Morgan fingerprint density at radius 1 is 1.07 bits per heavy atom. The Morgan fingerprint density at radius 2 is 1.78 bits per heavy atom. The minimum Gasteiger partial charge on any atom is -0.478 e. The van der Waals surface area contributed by atoms with Gasteiger partial charge in [0.2, 0.25) is 5.91 Å². The molecule has 2 aliphatic heterocycles. The van der Waals surface area contributed by atoms with Crippen molar-refractivity contribution >= 4 is 42.0 Å². The minimum atomic E-state index is -1.30. The summed E-state index contributed by atoms with van der Waals surface area (Å²) in [7, 11) is 0. The number of fused-ring (bicyclic) bond motifs is 1. The van der Waals surface area contributed by atoms with Crippen LogP contribution in [0.25, 0.3) is 0 Å². The molecule has 0 aliphatic carbocycles. The van der Waals surface area contributed by atoms with Crippen molar-refractivity contribution in [1.82, 2.24) is 9.80 Å². The number of rotatable bonds is 9. The predicted molar refractivity (Wildman–Crippen MR) is 150 cm³/mol. The molecule has 224 valence electrons. The molecule has 3 atom stereocenters. The summed E-state index contributed by atoms with van der Waals surface area (Å²) in [6.07, 6.45) is -0.753. The molecule has 2 heterocycles. The summed E-state index contributed by atoms with van der Waals surface area (Å²) in [5.74, 6) is -4.35. The van der Waals surface area contributed by atoms with Gasteiger partial charge in [0.05, 0.1) is 0 Å². The van der Waals surface area contributed by atoms with Gasteiger partial charge in [-0.2, -0.15) is 0 Å². The average Bonchev–Trinajstić information content (AvgIpc) is 3.39. The van der Waals surface area contributed by atoms with Crippen LogP contribution >= 0.6 is 24.2 Å². The van der Waals surface area contributed by atoms with Crippen LogP contribution in [0.3, 0.4) is 0 Å². The van der Waals surface area contributed by atoms with Gasteiger partial charge in [0.25, 0.3) is 5.91 Å². The third-order valence-electron chi connectivity index (χ3n) is 7.04. The van der Waals surface area contributed by atoms with E-state index in [1.54, 1.807) is 30.9 Å². The fourth-order valence-corrected chi connectivity index (χ4v) is 6.14. The Kier molecular flexibility index (Phi) is 11.0. The summed E-state index contributed by atoms with van der Waals surface area (Å²) in [4.78, 5) is 41.2. The maximum atomic E-state index is 14.0. The van der Waals surface area contributed by atoms with Crippen LogP contribution in [0.5, 0.6) is 5.75 Å². The average molecular weight is 616 g/mol. The Bertz CT molecular complexity index is 1300. The van der Waals surface area contributed by atoms with Gasteiger partial charge < -0.3 is 25.4 Å². The Balaban J connectivity index is 0.00000462. The van der Waals surface area contributed by atoms with Gasteiger partial charge in [-0.1, -0.05) is 19.9 Å². The molecule has 13 heteroatoms. The number of carboxylic acids is 1. The van der Waals surface area contributed by atoms with Crippen molar-refractivity contribution in [3.63, 3.8) is 0 Å². The largest absolute Gasteiger partial charge is 0.478 e. The van der Waals surface area contributed by atoms with E-state index in [4.69, 9.17) is 10.5 Å². The fraction of sp³-hybridized carbons (Fsp3) is 0.464. The summed E-state index contributed by atoms with van der Waals surface area (Å²) < 4.78 is 46.5. The van der Waals surface area contributed by atoms with E-state index in [1.165, 1.54) is 16.7 Å². The molecule has 0 aromatic heterocycles. The first kappa shape index (κ1) is 32.6. The molecular formula is C28H33ClF3N3O5S. The first-order valence-electron chi connectivity index (χ1n) is 13.0. The van der Waals surface area contributed by atoms with E-state index in [9.17, 15) is 32.7 Å². The van der Waals surface area contributed by atoms with Gasteiger partial charge in [-0.15, -0.1) is 24.2 Å². The normalized spacial score (nSPS) is 18.0. The first-order valence-corrected chi connectivity index (χ1v) is 14.1. The molecule has 2 unspecified atom stereocenters. The van der Waals surface area contributed by atoms with E-state index in [0.717, 1.165) is 17.2 Å². The zero-order valence-corrected chi connectivity index (χ0v) is 24.3. The number of benzene rings is 2. The van der Waals surface area contributed by atoms with Crippen LogP contribution in [0.4, 0.5) is 13.2 Å². The maximum absolute atomic E-state index is 14.0. The molecule has 0 bridgehead atoms. The summed E-state index contributed by atoms with van der Waals surface area (Å²) >= 11 is 1.35. The van der Waals surface area contributed by atoms with Gasteiger partial charge in [0.1, 0.15) is 11.6 Å². The molecule has 2 aliphatic rings. The van der Waals surface area contributed by atoms with Gasteiger partial charge in [-0.3, -0.25) is 9.59 Å². The lowest BCUT2D eigenvalue weighted by atomic mass is 9.99. The number of amides is 2. The quantitative estimate of drug-likeness (QED) is 0.413. The van der Waals surface area contributed by atoms with Gasteiger partial charge in [0.15, 0.2) is 23.1 Å². The molecule has 41 heavy (non-hydrogen) atoms. The third kappa shape index (κ3) is 7.66. The predicted octanol–water partition coefficient (Wildman–Crippen LogP) is 3.76. The van der Waals surface area contributed by atoms with Crippen LogP contribution in [0.1, 0.15) is 37.0 Å². The van der Waals surface area contributed by atoms with Crippen LogP contribution in [0, 0.1) is 23.4 Å². The van der Waals surface area contributed by atoms with Crippen LogP contribution in [0.2, 0.25) is 0 Å². The minimum absolute atomic E-state index is 0. The van der Waals surface area contributed by atoms with Crippen LogP contribution in [-0.4, -0.2) is 69.1 Å². The zero-order valence-electron chi connectivity index (χ0n) is 22.6. The third-order valence-corrected chi connectivity index (χ3v) is 8.23. The molecule has 1 fully saturated rings. The smallest absolute Gasteiger partial charge is 0.345 e. The second-order valence-electron chi connectivity index (χ2n) is 10.4. The molecule has 0 spiro atoms.